The van der Waals surface area contributed by atoms with Crippen LogP contribution >= 0.6 is 15.9 Å². The smallest absolute Gasteiger partial charge is 0.408 e. The number of rotatable bonds is 11. The van der Waals surface area contributed by atoms with Crippen LogP contribution in [-0.2, 0) is 20.7 Å². The molecule has 12 nitrogen and oxygen atoms in total. The fourth-order valence-corrected chi connectivity index (χ4v) is 3.64. The van der Waals surface area contributed by atoms with Gasteiger partial charge in [-0.05, 0) is 79.0 Å². The first-order valence-corrected chi connectivity index (χ1v) is 12.8. The predicted octanol–water partition coefficient (Wildman–Crippen LogP) is 2.32. The summed E-state index contributed by atoms with van der Waals surface area (Å²) in [5, 5.41) is 38.0. The molecule has 212 valence electrons. The zero-order chi connectivity index (χ0) is 29.2. The van der Waals surface area contributed by atoms with E-state index in [4.69, 9.17) is 9.47 Å². The standard InChI is InChI=1S/C26H33BrN4O8/c1-5-38-21-12-16(10-18(27)22(21)34)13-28-31-24(36)19(11-15-6-8-17(33)9-7-15)29-23(35)20(14-32)30-25(37)39-26(2,3)4/h6-10,12-13,19-20,32-34H,5,11,14H2,1-4H3,(H,29,35)(H,30,37)(H,31,36)/b28-13-/t19-,20-/m0/s1. The molecule has 0 aromatic heterocycles. The van der Waals surface area contributed by atoms with Gasteiger partial charge in [-0.25, -0.2) is 10.2 Å². The Morgan fingerprint density at radius 3 is 2.31 bits per heavy atom. The van der Waals surface area contributed by atoms with E-state index in [0.717, 1.165) is 0 Å². The number of nitrogens with zero attached hydrogens (tertiary/aromatic N) is 1. The Balaban J connectivity index is 2.18. The first-order chi connectivity index (χ1) is 18.3. The number of nitrogens with one attached hydrogen (secondary N) is 3. The van der Waals surface area contributed by atoms with Gasteiger partial charge in [0, 0.05) is 6.42 Å². The molecule has 0 aliphatic carbocycles. The molecule has 2 rings (SSSR count). The molecule has 0 saturated carbocycles. The number of benzene rings is 2. The van der Waals surface area contributed by atoms with Gasteiger partial charge in [-0.2, -0.15) is 5.10 Å². The SMILES string of the molecule is CCOc1cc(/C=N\NC(=O)[C@H](Cc2ccc(O)cc2)NC(=O)[C@H](CO)NC(=O)OC(C)(C)C)cc(Br)c1O. The molecular formula is C26H33BrN4O8. The van der Waals surface area contributed by atoms with Gasteiger partial charge in [0.05, 0.1) is 23.9 Å². The second-order valence-corrected chi connectivity index (χ2v) is 10.2. The zero-order valence-electron chi connectivity index (χ0n) is 22.0. The van der Waals surface area contributed by atoms with Crippen LogP contribution in [0.5, 0.6) is 17.2 Å². The van der Waals surface area contributed by atoms with Crippen LogP contribution in [0.3, 0.4) is 0 Å². The Kier molecular flexibility index (Phi) is 11.5. The quantitative estimate of drug-likeness (QED) is 0.166. The minimum absolute atomic E-state index is 0.0111. The molecule has 3 amide bonds. The number of aromatic hydroxyl groups is 2. The van der Waals surface area contributed by atoms with Crippen molar-refractivity contribution in [1.29, 1.82) is 0 Å². The number of aliphatic hydroxyl groups is 1. The number of hydrogen-bond acceptors (Lipinski definition) is 9. The molecule has 0 aliphatic rings. The van der Waals surface area contributed by atoms with E-state index in [1.54, 1.807) is 45.9 Å². The number of ether oxygens (including phenoxy) is 2. The fourth-order valence-electron chi connectivity index (χ4n) is 3.18. The first-order valence-electron chi connectivity index (χ1n) is 12.0. The van der Waals surface area contributed by atoms with E-state index in [9.17, 15) is 29.7 Å². The predicted molar refractivity (Wildman–Crippen MR) is 147 cm³/mol. The Hall–Kier alpha value is -3.84. The van der Waals surface area contributed by atoms with Crippen LogP contribution in [0.4, 0.5) is 4.79 Å². The van der Waals surface area contributed by atoms with Crippen molar-refractivity contribution in [3.8, 4) is 17.2 Å². The molecule has 0 bridgehead atoms. The second kappa shape index (κ2) is 14.4. The summed E-state index contributed by atoms with van der Waals surface area (Å²) in [5.41, 5.74) is 2.65. The van der Waals surface area contributed by atoms with E-state index >= 15 is 0 Å². The lowest BCUT2D eigenvalue weighted by Gasteiger charge is -2.24. The van der Waals surface area contributed by atoms with Crippen LogP contribution < -0.4 is 20.8 Å². The van der Waals surface area contributed by atoms with Crippen molar-refractivity contribution in [2.24, 2.45) is 5.10 Å². The van der Waals surface area contributed by atoms with E-state index < -0.39 is 42.2 Å². The van der Waals surface area contributed by atoms with Gasteiger partial charge < -0.3 is 35.4 Å². The molecule has 0 heterocycles. The van der Waals surface area contributed by atoms with Crippen molar-refractivity contribution in [3.05, 3.63) is 52.0 Å². The molecule has 2 atom stereocenters. The molecular weight excluding hydrogens is 576 g/mol. The van der Waals surface area contributed by atoms with E-state index in [-0.39, 0.29) is 23.7 Å². The summed E-state index contributed by atoms with van der Waals surface area (Å²) in [7, 11) is 0. The maximum Gasteiger partial charge on any atom is 0.408 e. The Bertz CT molecular complexity index is 1180. The van der Waals surface area contributed by atoms with E-state index in [2.05, 4.69) is 37.1 Å². The summed E-state index contributed by atoms with van der Waals surface area (Å²) in [4.78, 5) is 38.0. The molecule has 6 N–H and O–H groups in total. The lowest BCUT2D eigenvalue weighted by Crippen LogP contribution is -2.55. The number of amides is 3. The van der Waals surface area contributed by atoms with Gasteiger partial charge in [0.15, 0.2) is 11.5 Å². The summed E-state index contributed by atoms with van der Waals surface area (Å²) >= 11 is 3.23. The number of carbonyl (C=O) groups is 3. The van der Waals surface area contributed by atoms with Crippen LogP contribution in [0, 0.1) is 0 Å². The second-order valence-electron chi connectivity index (χ2n) is 9.33. The minimum atomic E-state index is -1.38. The van der Waals surface area contributed by atoms with Crippen LogP contribution in [-0.4, -0.2) is 70.3 Å². The van der Waals surface area contributed by atoms with E-state index in [1.165, 1.54) is 24.4 Å². The Labute approximate surface area is 234 Å². The topological polar surface area (TPSA) is 179 Å². The Morgan fingerprint density at radius 1 is 1.05 bits per heavy atom. The molecule has 0 radical (unpaired) electrons. The van der Waals surface area contributed by atoms with Gasteiger partial charge in [0.25, 0.3) is 5.91 Å². The number of hydrazone groups is 1. The largest absolute Gasteiger partial charge is 0.508 e. The number of hydrogen-bond donors (Lipinski definition) is 6. The Morgan fingerprint density at radius 2 is 1.72 bits per heavy atom. The van der Waals surface area contributed by atoms with Gasteiger partial charge in [0.1, 0.15) is 23.4 Å². The van der Waals surface area contributed by atoms with Crippen molar-refractivity contribution in [1.82, 2.24) is 16.1 Å². The summed E-state index contributed by atoms with van der Waals surface area (Å²) in [6, 6.07) is 6.57. The van der Waals surface area contributed by atoms with Crippen LogP contribution in [0.1, 0.15) is 38.8 Å². The minimum Gasteiger partial charge on any atom is -0.508 e. The number of phenolic OH excluding ortho intramolecular Hbond substituents is 2. The summed E-state index contributed by atoms with van der Waals surface area (Å²) in [6.07, 6.45) is 0.425. The molecule has 2 aromatic carbocycles. The van der Waals surface area contributed by atoms with Crippen molar-refractivity contribution >= 4 is 40.1 Å². The maximum absolute atomic E-state index is 13.0. The number of phenols is 2. The molecule has 0 unspecified atom stereocenters. The molecule has 0 spiro atoms. The third kappa shape index (κ3) is 10.4. The van der Waals surface area contributed by atoms with Crippen molar-refractivity contribution in [2.75, 3.05) is 13.2 Å². The zero-order valence-corrected chi connectivity index (χ0v) is 23.6. The van der Waals surface area contributed by atoms with Crippen LogP contribution in [0.2, 0.25) is 0 Å². The van der Waals surface area contributed by atoms with Crippen molar-refractivity contribution in [2.45, 2.75) is 51.8 Å². The van der Waals surface area contributed by atoms with Gasteiger partial charge >= 0.3 is 6.09 Å². The molecule has 39 heavy (non-hydrogen) atoms. The number of carbonyl (C=O) groups excluding carboxylic acids is 3. The number of halogens is 1. The highest BCUT2D eigenvalue weighted by Crippen LogP contribution is 2.35. The molecule has 2 aromatic rings. The van der Waals surface area contributed by atoms with Gasteiger partial charge in [-0.1, -0.05) is 12.1 Å². The monoisotopic (exact) mass is 608 g/mol. The number of alkyl carbamates (subject to hydrolysis) is 1. The highest BCUT2D eigenvalue weighted by Gasteiger charge is 2.28. The fraction of sp³-hybridized carbons (Fsp3) is 0.385. The van der Waals surface area contributed by atoms with Gasteiger partial charge in [-0.3, -0.25) is 9.59 Å². The molecule has 0 aliphatic heterocycles. The van der Waals surface area contributed by atoms with Crippen molar-refractivity contribution in [3.63, 3.8) is 0 Å². The van der Waals surface area contributed by atoms with Gasteiger partial charge in [0.2, 0.25) is 5.91 Å². The molecule has 0 fully saturated rings. The molecule has 0 saturated heterocycles. The maximum atomic E-state index is 13.0. The summed E-state index contributed by atoms with van der Waals surface area (Å²) < 4.78 is 10.9. The third-order valence-electron chi connectivity index (χ3n) is 4.94. The van der Waals surface area contributed by atoms with Crippen LogP contribution in [0.25, 0.3) is 0 Å². The number of aliphatic hydroxyl groups excluding tert-OH is 1. The first kappa shape index (κ1) is 31.4. The van der Waals surface area contributed by atoms with E-state index in [0.29, 0.717) is 22.2 Å². The average Bonchev–Trinajstić information content (AvgIpc) is 2.85. The highest BCUT2D eigenvalue weighted by molar-refractivity contribution is 9.10. The molecule has 13 heteroatoms. The normalized spacial score (nSPS) is 12.9. The van der Waals surface area contributed by atoms with E-state index in [1.807, 2.05) is 0 Å². The van der Waals surface area contributed by atoms with Crippen LogP contribution in [0.15, 0.2) is 46.0 Å². The highest BCUT2D eigenvalue weighted by atomic mass is 79.9. The lowest BCUT2D eigenvalue weighted by atomic mass is 10.0. The average molecular weight is 609 g/mol. The summed E-state index contributed by atoms with van der Waals surface area (Å²) in [5.74, 6) is -1.33. The van der Waals surface area contributed by atoms with Gasteiger partial charge in [-0.15, -0.1) is 0 Å². The summed E-state index contributed by atoms with van der Waals surface area (Å²) in [6.45, 7) is 6.29. The van der Waals surface area contributed by atoms with Crippen molar-refractivity contribution < 1.29 is 39.2 Å². The third-order valence-corrected chi connectivity index (χ3v) is 5.54. The lowest BCUT2D eigenvalue weighted by molar-refractivity contribution is -0.130.